The molecule has 0 radical (unpaired) electrons. The summed E-state index contributed by atoms with van der Waals surface area (Å²) in [7, 11) is 0. The Labute approximate surface area is 73.2 Å². The smallest absolute Gasteiger partial charge is 0.00197 e. The molecule has 1 heterocycles. The predicted octanol–water partition coefficient (Wildman–Crippen LogP) is 1.56. The molecule has 4 rings (SSSR count). The van der Waals surface area contributed by atoms with Gasteiger partial charge in [0.15, 0.2) is 0 Å². The normalized spacial score (nSPS) is 64.7. The lowest BCUT2D eigenvalue weighted by Crippen LogP contribution is -2.52. The van der Waals surface area contributed by atoms with Gasteiger partial charge in [-0.25, -0.2) is 0 Å². The molecule has 0 aromatic heterocycles. The predicted molar refractivity (Wildman–Crippen MR) is 47.7 cm³/mol. The Kier molecular flexibility index (Phi) is 0.787. The molecule has 3 fully saturated rings. The van der Waals surface area contributed by atoms with Crippen molar-refractivity contribution in [2.45, 2.75) is 19.3 Å². The van der Waals surface area contributed by atoms with Crippen LogP contribution in [0.3, 0.4) is 0 Å². The van der Waals surface area contributed by atoms with Crippen molar-refractivity contribution >= 4 is 0 Å². The lowest BCUT2D eigenvalue weighted by molar-refractivity contribution is -0.0409. The Morgan fingerprint density at radius 1 is 1.00 bits per heavy atom. The van der Waals surface area contributed by atoms with Gasteiger partial charge in [-0.3, -0.25) is 0 Å². The first-order valence-electron chi connectivity index (χ1n) is 5.27. The van der Waals surface area contributed by atoms with Crippen molar-refractivity contribution in [3.05, 3.63) is 12.2 Å². The summed E-state index contributed by atoms with van der Waals surface area (Å²) in [6.45, 7) is 2.64. The third-order valence-electron chi connectivity index (χ3n) is 5.39. The Balaban J connectivity index is 1.96. The molecule has 1 nitrogen and oxygen atoms in total. The molecule has 3 aliphatic carbocycles. The summed E-state index contributed by atoms with van der Waals surface area (Å²) in [5.74, 6) is 1.90. The fourth-order valence-corrected chi connectivity index (χ4v) is 4.69. The van der Waals surface area contributed by atoms with Gasteiger partial charge in [0.25, 0.3) is 0 Å². The minimum absolute atomic E-state index is 0.742. The van der Waals surface area contributed by atoms with Gasteiger partial charge in [0.1, 0.15) is 0 Å². The zero-order valence-electron chi connectivity index (χ0n) is 7.34. The first-order valence-corrected chi connectivity index (χ1v) is 5.27. The van der Waals surface area contributed by atoms with E-state index in [0.717, 1.165) is 22.7 Å². The Bertz CT molecular complexity index is 257. The minimum Gasteiger partial charge on any atom is -0.316 e. The zero-order chi connectivity index (χ0) is 7.81. The van der Waals surface area contributed by atoms with Crippen molar-refractivity contribution in [2.24, 2.45) is 22.7 Å². The van der Waals surface area contributed by atoms with Crippen molar-refractivity contribution in [1.82, 2.24) is 5.32 Å². The minimum atomic E-state index is 0.742. The second kappa shape index (κ2) is 1.52. The van der Waals surface area contributed by atoms with Gasteiger partial charge < -0.3 is 5.32 Å². The molecule has 2 bridgehead atoms. The second-order valence-corrected chi connectivity index (χ2v) is 5.25. The van der Waals surface area contributed by atoms with E-state index in [4.69, 9.17) is 0 Å². The van der Waals surface area contributed by atoms with Crippen LogP contribution in [0.15, 0.2) is 12.2 Å². The van der Waals surface area contributed by atoms with Gasteiger partial charge in [-0.1, -0.05) is 12.2 Å². The highest BCUT2D eigenvalue weighted by Crippen LogP contribution is 2.75. The van der Waals surface area contributed by atoms with Crippen LogP contribution < -0.4 is 5.32 Å². The van der Waals surface area contributed by atoms with Crippen LogP contribution >= 0.6 is 0 Å². The van der Waals surface area contributed by atoms with E-state index in [9.17, 15) is 0 Å². The highest BCUT2D eigenvalue weighted by Gasteiger charge is 2.72. The van der Waals surface area contributed by atoms with Gasteiger partial charge in [-0.05, 0) is 41.9 Å². The maximum atomic E-state index is 3.63. The number of nitrogens with one attached hydrogen (secondary N) is 1. The number of hydrogen-bond acceptors (Lipinski definition) is 1. The fraction of sp³-hybridized carbons (Fsp3) is 0.818. The van der Waals surface area contributed by atoms with E-state index in [1.165, 1.54) is 32.4 Å². The van der Waals surface area contributed by atoms with Gasteiger partial charge in [0, 0.05) is 13.1 Å². The van der Waals surface area contributed by atoms with Crippen LogP contribution in [0.4, 0.5) is 0 Å². The van der Waals surface area contributed by atoms with Crippen LogP contribution in [0.25, 0.3) is 0 Å². The van der Waals surface area contributed by atoms with Crippen molar-refractivity contribution in [2.75, 3.05) is 13.1 Å². The molecule has 0 amide bonds. The number of hydrogen-bond donors (Lipinski definition) is 1. The van der Waals surface area contributed by atoms with Crippen LogP contribution in [0, 0.1) is 22.7 Å². The monoisotopic (exact) mass is 161 g/mol. The van der Waals surface area contributed by atoms with Crippen LogP contribution in [0.2, 0.25) is 0 Å². The third kappa shape index (κ3) is 0.367. The van der Waals surface area contributed by atoms with E-state index in [1.807, 2.05) is 0 Å². The van der Waals surface area contributed by atoms with Gasteiger partial charge in [0.05, 0.1) is 0 Å². The fourth-order valence-electron chi connectivity index (χ4n) is 4.69. The average Bonchev–Trinajstić information content (AvgIpc) is 2.58. The van der Waals surface area contributed by atoms with Crippen molar-refractivity contribution < 1.29 is 0 Å². The lowest BCUT2D eigenvalue weighted by Gasteiger charge is -2.56. The molecule has 0 spiro atoms. The number of allylic oxidation sites excluding steroid dienone is 2. The molecule has 1 N–H and O–H groups in total. The highest BCUT2D eigenvalue weighted by atomic mass is 15.0. The molecular formula is C11H15N. The Hall–Kier alpha value is -0.300. The van der Waals surface area contributed by atoms with E-state index in [0.29, 0.717) is 0 Å². The van der Waals surface area contributed by atoms with E-state index >= 15 is 0 Å². The van der Waals surface area contributed by atoms with Crippen molar-refractivity contribution in [3.8, 4) is 0 Å². The molecule has 12 heavy (non-hydrogen) atoms. The molecule has 2 saturated carbocycles. The highest BCUT2D eigenvalue weighted by molar-refractivity contribution is 5.32. The molecule has 0 aromatic rings. The standard InChI is InChI=1S/C11H15N/c1-2-9-5-8(1)10-3-4-11(9,10)7-12-6-10/h1-2,8-9,12H,3-7H2. The van der Waals surface area contributed by atoms with E-state index in [2.05, 4.69) is 17.5 Å². The summed E-state index contributed by atoms with van der Waals surface area (Å²) >= 11 is 0. The van der Waals surface area contributed by atoms with E-state index in [-0.39, 0.29) is 0 Å². The molecule has 4 atom stereocenters. The van der Waals surface area contributed by atoms with Gasteiger partial charge >= 0.3 is 0 Å². The van der Waals surface area contributed by atoms with Crippen LogP contribution in [-0.2, 0) is 0 Å². The molecule has 64 valence electrons. The summed E-state index contributed by atoms with van der Waals surface area (Å²) in [6.07, 6.45) is 9.52. The van der Waals surface area contributed by atoms with Crippen molar-refractivity contribution in [3.63, 3.8) is 0 Å². The molecule has 1 heteroatoms. The van der Waals surface area contributed by atoms with Gasteiger partial charge in [0.2, 0.25) is 0 Å². The van der Waals surface area contributed by atoms with Crippen LogP contribution in [0.1, 0.15) is 19.3 Å². The third-order valence-corrected chi connectivity index (χ3v) is 5.39. The number of fused-ring (bicyclic) bond motifs is 2. The van der Waals surface area contributed by atoms with Crippen LogP contribution in [-0.4, -0.2) is 13.1 Å². The molecule has 0 aromatic carbocycles. The average molecular weight is 161 g/mol. The van der Waals surface area contributed by atoms with Gasteiger partial charge in [-0.15, -0.1) is 0 Å². The first kappa shape index (κ1) is 6.20. The van der Waals surface area contributed by atoms with Crippen LogP contribution in [0.5, 0.6) is 0 Å². The maximum Gasteiger partial charge on any atom is 0.00197 e. The van der Waals surface area contributed by atoms with Gasteiger partial charge in [-0.2, -0.15) is 0 Å². The summed E-state index contributed by atoms with van der Waals surface area (Å²) < 4.78 is 0. The Morgan fingerprint density at radius 3 is 2.08 bits per heavy atom. The topological polar surface area (TPSA) is 12.0 Å². The Morgan fingerprint density at radius 2 is 1.58 bits per heavy atom. The maximum absolute atomic E-state index is 3.63. The molecule has 1 saturated heterocycles. The first-order chi connectivity index (χ1) is 5.87. The van der Waals surface area contributed by atoms with E-state index < -0.39 is 0 Å². The zero-order valence-corrected chi connectivity index (χ0v) is 7.34. The summed E-state index contributed by atoms with van der Waals surface area (Å²) in [5.41, 5.74) is 1.48. The van der Waals surface area contributed by atoms with E-state index in [1.54, 1.807) is 0 Å². The molecular weight excluding hydrogens is 146 g/mol. The number of rotatable bonds is 0. The SMILES string of the molecule is C1=CC2CC1C13CCC21CNC3. The molecule has 1 aliphatic heterocycles. The lowest BCUT2D eigenvalue weighted by atomic mass is 9.47. The summed E-state index contributed by atoms with van der Waals surface area (Å²) in [4.78, 5) is 0. The second-order valence-electron chi connectivity index (χ2n) is 5.25. The molecule has 4 aliphatic rings. The summed E-state index contributed by atoms with van der Waals surface area (Å²) in [5, 5.41) is 3.63. The summed E-state index contributed by atoms with van der Waals surface area (Å²) in [6, 6.07) is 0. The van der Waals surface area contributed by atoms with Crippen molar-refractivity contribution in [1.29, 1.82) is 0 Å². The quantitative estimate of drug-likeness (QED) is 0.532. The largest absolute Gasteiger partial charge is 0.316 e. The molecule has 4 unspecified atom stereocenters.